The van der Waals surface area contributed by atoms with Crippen molar-refractivity contribution in [2.75, 3.05) is 13.2 Å². The highest BCUT2D eigenvalue weighted by Gasteiger charge is 2.16. The minimum atomic E-state index is -3.71. The maximum atomic E-state index is 12.1. The second kappa shape index (κ2) is 9.32. The highest BCUT2D eigenvalue weighted by Crippen LogP contribution is 2.21. The lowest BCUT2D eigenvalue weighted by Gasteiger charge is -2.08. The lowest BCUT2D eigenvalue weighted by atomic mass is 10.1. The summed E-state index contributed by atoms with van der Waals surface area (Å²) in [5, 5.41) is 0.545. The molecule has 0 heterocycles. The van der Waals surface area contributed by atoms with Crippen molar-refractivity contribution in [3.63, 3.8) is 0 Å². The summed E-state index contributed by atoms with van der Waals surface area (Å²) < 4.78 is 31.4. The van der Waals surface area contributed by atoms with E-state index in [1.54, 1.807) is 12.1 Å². The Morgan fingerprint density at radius 2 is 1.74 bits per heavy atom. The molecule has 1 N–H and O–H groups in total. The van der Waals surface area contributed by atoms with Crippen LogP contribution < -0.4 is 4.72 Å². The molecule has 144 valence electrons. The van der Waals surface area contributed by atoms with Gasteiger partial charge in [-0.1, -0.05) is 40.9 Å². The van der Waals surface area contributed by atoms with E-state index >= 15 is 0 Å². The molecule has 0 saturated carbocycles. The number of ketones is 1. The molecule has 9 heteroatoms. The molecule has 0 fully saturated rings. The summed E-state index contributed by atoms with van der Waals surface area (Å²) in [6.07, 6.45) is -0.216. The fourth-order valence-corrected chi connectivity index (χ4v) is 3.65. The van der Waals surface area contributed by atoms with E-state index in [9.17, 15) is 18.0 Å². The number of hydrogen-bond donors (Lipinski definition) is 1. The summed E-state index contributed by atoms with van der Waals surface area (Å²) in [4.78, 5) is 23.8. The Labute approximate surface area is 167 Å². The fourth-order valence-electron chi connectivity index (χ4n) is 2.10. The van der Waals surface area contributed by atoms with Crippen molar-refractivity contribution < 1.29 is 22.7 Å². The molecule has 0 unspecified atom stereocenters. The maximum absolute atomic E-state index is 12.1. The number of carbonyl (C=O) groups excluding carboxylic acids is 2. The third-order valence-corrected chi connectivity index (χ3v) is 5.57. The summed E-state index contributed by atoms with van der Waals surface area (Å²) in [7, 11) is -3.71. The van der Waals surface area contributed by atoms with Crippen LogP contribution in [0.4, 0.5) is 0 Å². The van der Waals surface area contributed by atoms with Crippen LogP contribution in [0.15, 0.2) is 47.4 Å². The lowest BCUT2D eigenvalue weighted by molar-refractivity contribution is -0.142. The van der Waals surface area contributed by atoms with Crippen molar-refractivity contribution >= 4 is 45.0 Å². The SMILES string of the molecule is Cc1ccc(S(=O)(=O)NCCC(=O)OCC(=O)c2ccc(Cl)cc2Cl)cc1. The molecular formula is C18H17Cl2NO5S. The molecule has 0 aromatic heterocycles. The smallest absolute Gasteiger partial charge is 0.307 e. The molecule has 0 aliphatic rings. The first kappa shape index (κ1) is 21.4. The second-order valence-corrected chi connectivity index (χ2v) is 8.28. The molecule has 0 saturated heterocycles. The number of halogens is 2. The largest absolute Gasteiger partial charge is 0.457 e. The third kappa shape index (κ3) is 6.32. The monoisotopic (exact) mass is 429 g/mol. The zero-order valence-corrected chi connectivity index (χ0v) is 16.7. The minimum absolute atomic E-state index is 0.106. The van der Waals surface area contributed by atoms with Gasteiger partial charge in [-0.25, -0.2) is 13.1 Å². The van der Waals surface area contributed by atoms with Crippen LogP contribution in [-0.4, -0.2) is 33.3 Å². The van der Waals surface area contributed by atoms with E-state index < -0.39 is 28.4 Å². The van der Waals surface area contributed by atoms with Gasteiger partial charge in [0.25, 0.3) is 0 Å². The Hall–Kier alpha value is -1.93. The molecule has 6 nitrogen and oxygen atoms in total. The lowest BCUT2D eigenvalue weighted by Crippen LogP contribution is -2.27. The van der Waals surface area contributed by atoms with E-state index in [0.29, 0.717) is 5.02 Å². The molecule has 2 aromatic rings. The molecule has 27 heavy (non-hydrogen) atoms. The highest BCUT2D eigenvalue weighted by atomic mass is 35.5. The molecule has 0 radical (unpaired) electrons. The number of ether oxygens (including phenoxy) is 1. The van der Waals surface area contributed by atoms with Crippen LogP contribution in [0.5, 0.6) is 0 Å². The van der Waals surface area contributed by atoms with Gasteiger partial charge in [-0.3, -0.25) is 9.59 Å². The normalized spacial score (nSPS) is 11.2. The number of carbonyl (C=O) groups is 2. The zero-order chi connectivity index (χ0) is 20.0. The van der Waals surface area contributed by atoms with Gasteiger partial charge in [-0.05, 0) is 37.3 Å². The van der Waals surface area contributed by atoms with Gasteiger partial charge in [0.2, 0.25) is 15.8 Å². The Morgan fingerprint density at radius 3 is 2.37 bits per heavy atom. The van der Waals surface area contributed by atoms with Gasteiger partial charge in [0.15, 0.2) is 6.61 Å². The van der Waals surface area contributed by atoms with Gasteiger partial charge in [0.05, 0.1) is 16.3 Å². The summed E-state index contributed by atoms with van der Waals surface area (Å²) in [6, 6.07) is 10.7. The molecule has 0 amide bonds. The molecule has 0 aliphatic carbocycles. The first-order valence-corrected chi connectivity index (χ1v) is 10.1. The first-order valence-electron chi connectivity index (χ1n) is 7.89. The van der Waals surface area contributed by atoms with Crippen LogP contribution in [-0.2, 0) is 19.6 Å². The Kier molecular flexibility index (Phi) is 7.38. The van der Waals surface area contributed by atoms with E-state index in [1.807, 2.05) is 6.92 Å². The highest BCUT2D eigenvalue weighted by molar-refractivity contribution is 7.89. The fraction of sp³-hybridized carbons (Fsp3) is 0.222. The van der Waals surface area contributed by atoms with Gasteiger partial charge < -0.3 is 4.74 Å². The molecular weight excluding hydrogens is 413 g/mol. The average Bonchev–Trinajstić information content (AvgIpc) is 2.60. The average molecular weight is 430 g/mol. The second-order valence-electron chi connectivity index (χ2n) is 5.67. The predicted octanol–water partition coefficient (Wildman–Crippen LogP) is 3.40. The topological polar surface area (TPSA) is 89.5 Å². The number of Topliss-reactive ketones (excluding diaryl/α,β-unsaturated/α-hetero) is 1. The van der Waals surface area contributed by atoms with Crippen molar-refractivity contribution in [3.05, 3.63) is 63.6 Å². The van der Waals surface area contributed by atoms with Crippen molar-refractivity contribution in [3.8, 4) is 0 Å². The van der Waals surface area contributed by atoms with Crippen molar-refractivity contribution in [2.45, 2.75) is 18.2 Å². The molecule has 0 aliphatic heterocycles. The van der Waals surface area contributed by atoms with Gasteiger partial charge in [0, 0.05) is 17.1 Å². The van der Waals surface area contributed by atoms with Crippen LogP contribution >= 0.6 is 23.2 Å². The number of sulfonamides is 1. The van der Waals surface area contributed by atoms with Gasteiger partial charge in [-0.15, -0.1) is 0 Å². The summed E-state index contributed by atoms with van der Waals surface area (Å²) >= 11 is 11.7. The molecule has 2 rings (SSSR count). The van der Waals surface area contributed by atoms with Crippen LogP contribution in [0, 0.1) is 6.92 Å². The van der Waals surface area contributed by atoms with Gasteiger partial charge >= 0.3 is 5.97 Å². The summed E-state index contributed by atoms with van der Waals surface area (Å²) in [5.74, 6) is -1.19. The van der Waals surface area contributed by atoms with Crippen LogP contribution in [0.3, 0.4) is 0 Å². The quantitative estimate of drug-likeness (QED) is 0.512. The van der Waals surface area contributed by atoms with E-state index in [4.69, 9.17) is 27.9 Å². The summed E-state index contributed by atoms with van der Waals surface area (Å²) in [6.45, 7) is 1.20. The molecule has 0 atom stereocenters. The van der Waals surface area contributed by atoms with Crippen molar-refractivity contribution in [1.82, 2.24) is 4.72 Å². The van der Waals surface area contributed by atoms with Crippen LogP contribution in [0.2, 0.25) is 10.0 Å². The predicted molar refractivity (Wildman–Crippen MR) is 103 cm³/mol. The number of aryl methyl sites for hydroxylation is 1. The minimum Gasteiger partial charge on any atom is -0.457 e. The van der Waals surface area contributed by atoms with Crippen molar-refractivity contribution in [1.29, 1.82) is 0 Å². The number of rotatable bonds is 8. The van der Waals surface area contributed by atoms with E-state index in [2.05, 4.69) is 4.72 Å². The first-order chi connectivity index (χ1) is 12.7. The third-order valence-electron chi connectivity index (χ3n) is 3.55. The van der Waals surface area contributed by atoms with E-state index in [-0.39, 0.29) is 28.4 Å². The van der Waals surface area contributed by atoms with Crippen LogP contribution in [0.1, 0.15) is 22.3 Å². The number of hydrogen-bond acceptors (Lipinski definition) is 5. The van der Waals surface area contributed by atoms with E-state index in [0.717, 1.165) is 5.56 Å². The van der Waals surface area contributed by atoms with Gasteiger partial charge in [-0.2, -0.15) is 0 Å². The summed E-state index contributed by atoms with van der Waals surface area (Å²) in [5.41, 5.74) is 1.12. The molecule has 0 spiro atoms. The maximum Gasteiger partial charge on any atom is 0.307 e. The standard InChI is InChI=1S/C18H17Cl2NO5S/c1-12-2-5-14(6-3-12)27(24,25)21-9-8-18(23)26-11-17(22)15-7-4-13(19)10-16(15)20/h2-7,10,21H,8-9,11H2,1H3. The van der Waals surface area contributed by atoms with Gasteiger partial charge in [0.1, 0.15) is 0 Å². The van der Waals surface area contributed by atoms with E-state index in [1.165, 1.54) is 30.3 Å². The molecule has 2 aromatic carbocycles. The number of benzene rings is 2. The van der Waals surface area contributed by atoms with Crippen LogP contribution in [0.25, 0.3) is 0 Å². The Balaban J connectivity index is 1.80. The molecule has 0 bridgehead atoms. The number of nitrogens with one attached hydrogen (secondary N) is 1. The Morgan fingerprint density at radius 1 is 1.07 bits per heavy atom. The number of esters is 1. The zero-order valence-electron chi connectivity index (χ0n) is 14.4. The Bertz CT molecular complexity index is 943. The van der Waals surface area contributed by atoms with Crippen molar-refractivity contribution in [2.24, 2.45) is 0 Å².